The molecule has 2 heterocycles. The highest BCUT2D eigenvalue weighted by Gasteiger charge is 2.21. The number of rotatable bonds is 3. The van der Waals surface area contributed by atoms with Crippen molar-refractivity contribution in [1.82, 2.24) is 4.98 Å². The van der Waals surface area contributed by atoms with Gasteiger partial charge in [-0.15, -0.1) is 0 Å². The monoisotopic (exact) mass is 340 g/mol. The van der Waals surface area contributed by atoms with Crippen molar-refractivity contribution in [2.75, 3.05) is 18.5 Å². The fourth-order valence-electron chi connectivity index (χ4n) is 2.49. The molecule has 0 spiro atoms. The lowest BCUT2D eigenvalue weighted by atomic mass is 9.93. The molecule has 1 saturated heterocycles. The second-order valence-corrected chi connectivity index (χ2v) is 6.96. The summed E-state index contributed by atoms with van der Waals surface area (Å²) in [5.41, 5.74) is 1.06. The molecule has 2 aromatic rings. The number of hydrogen-bond acceptors (Lipinski definition) is 4. The van der Waals surface area contributed by atoms with E-state index in [1.807, 2.05) is 6.07 Å². The molecule has 1 fully saturated rings. The topological polar surface area (TPSA) is 34.2 Å². The molecule has 1 aliphatic heterocycles. The van der Waals surface area contributed by atoms with Gasteiger partial charge in [0.05, 0.1) is 10.2 Å². The molecule has 0 bridgehead atoms. The molecule has 1 unspecified atom stereocenters. The molecule has 3 nitrogen and oxygen atoms in total. The van der Waals surface area contributed by atoms with Crippen LogP contribution in [0, 0.1) is 5.92 Å². The molecule has 19 heavy (non-hydrogen) atoms. The van der Waals surface area contributed by atoms with Crippen LogP contribution in [-0.4, -0.2) is 24.2 Å². The van der Waals surface area contributed by atoms with E-state index in [1.165, 1.54) is 4.70 Å². The Morgan fingerprint density at radius 2 is 2.21 bits per heavy atom. The van der Waals surface area contributed by atoms with Crippen molar-refractivity contribution in [3.63, 3.8) is 0 Å². The maximum absolute atomic E-state index is 5.42. The van der Waals surface area contributed by atoms with Crippen LogP contribution in [0.25, 0.3) is 10.2 Å². The predicted molar refractivity (Wildman–Crippen MR) is 83.9 cm³/mol. The highest BCUT2D eigenvalue weighted by Crippen LogP contribution is 2.30. The summed E-state index contributed by atoms with van der Waals surface area (Å²) >= 11 is 5.22. The summed E-state index contributed by atoms with van der Waals surface area (Å²) in [6, 6.07) is 6.67. The molecule has 5 heteroatoms. The van der Waals surface area contributed by atoms with E-state index in [1.54, 1.807) is 11.3 Å². The van der Waals surface area contributed by atoms with Gasteiger partial charge in [-0.2, -0.15) is 0 Å². The standard InChI is InChI=1S/C14H17BrN2OS/c1-9(10-4-6-18-7-5-10)16-14-17-12-3-2-11(15)8-13(12)19-14/h2-3,8-10H,4-7H2,1H3,(H,16,17). The van der Waals surface area contributed by atoms with Crippen LogP contribution in [0.5, 0.6) is 0 Å². The third kappa shape index (κ3) is 3.09. The van der Waals surface area contributed by atoms with Gasteiger partial charge in [0.1, 0.15) is 0 Å². The zero-order chi connectivity index (χ0) is 13.2. The highest BCUT2D eigenvalue weighted by atomic mass is 79.9. The number of halogens is 1. The van der Waals surface area contributed by atoms with Crippen LogP contribution in [0.3, 0.4) is 0 Å². The van der Waals surface area contributed by atoms with E-state index < -0.39 is 0 Å². The maximum Gasteiger partial charge on any atom is 0.184 e. The summed E-state index contributed by atoms with van der Waals surface area (Å²) < 4.78 is 7.74. The molecule has 0 amide bonds. The van der Waals surface area contributed by atoms with E-state index in [0.29, 0.717) is 12.0 Å². The summed E-state index contributed by atoms with van der Waals surface area (Å²) in [6.45, 7) is 4.03. The van der Waals surface area contributed by atoms with Crippen molar-refractivity contribution >= 4 is 42.6 Å². The van der Waals surface area contributed by atoms with Crippen LogP contribution in [0.2, 0.25) is 0 Å². The first-order chi connectivity index (χ1) is 9.22. The van der Waals surface area contributed by atoms with Crippen molar-refractivity contribution in [3.05, 3.63) is 22.7 Å². The SMILES string of the molecule is CC(Nc1nc2ccc(Br)cc2s1)C1CCOCC1. The molecule has 1 aromatic heterocycles. The lowest BCUT2D eigenvalue weighted by Crippen LogP contribution is -2.30. The van der Waals surface area contributed by atoms with Crippen LogP contribution in [0.4, 0.5) is 5.13 Å². The molecule has 1 aromatic carbocycles. The summed E-state index contributed by atoms with van der Waals surface area (Å²) in [6.07, 6.45) is 2.29. The number of nitrogens with zero attached hydrogens (tertiary/aromatic N) is 1. The Balaban J connectivity index is 1.73. The first kappa shape index (κ1) is 13.3. The van der Waals surface area contributed by atoms with Gasteiger partial charge in [0.2, 0.25) is 0 Å². The molecular formula is C14H17BrN2OS. The fourth-order valence-corrected chi connectivity index (χ4v) is 4.00. The number of anilines is 1. The Hall–Kier alpha value is -0.650. The first-order valence-electron chi connectivity index (χ1n) is 6.63. The van der Waals surface area contributed by atoms with Gasteiger partial charge in [0.25, 0.3) is 0 Å². The normalized spacial score (nSPS) is 18.6. The number of fused-ring (bicyclic) bond motifs is 1. The van der Waals surface area contributed by atoms with Gasteiger partial charge >= 0.3 is 0 Å². The molecule has 102 valence electrons. The van der Waals surface area contributed by atoms with E-state index in [0.717, 1.165) is 41.2 Å². The number of nitrogens with one attached hydrogen (secondary N) is 1. The molecule has 1 atom stereocenters. The molecule has 0 aliphatic carbocycles. The van der Waals surface area contributed by atoms with E-state index in [9.17, 15) is 0 Å². The third-order valence-corrected chi connectivity index (χ3v) is 5.12. The van der Waals surface area contributed by atoms with Gasteiger partial charge in [-0.05, 0) is 43.9 Å². The molecule has 3 rings (SSSR count). The van der Waals surface area contributed by atoms with Gasteiger partial charge in [-0.3, -0.25) is 0 Å². The van der Waals surface area contributed by atoms with Crippen molar-refractivity contribution in [2.45, 2.75) is 25.8 Å². The average Bonchev–Trinajstić information content (AvgIpc) is 2.81. The largest absolute Gasteiger partial charge is 0.381 e. The number of thiazole rings is 1. The average molecular weight is 341 g/mol. The Morgan fingerprint density at radius 1 is 1.42 bits per heavy atom. The highest BCUT2D eigenvalue weighted by molar-refractivity contribution is 9.10. The Kier molecular flexibility index (Phi) is 4.05. The van der Waals surface area contributed by atoms with E-state index in [2.05, 4.69) is 45.3 Å². The minimum Gasteiger partial charge on any atom is -0.381 e. The van der Waals surface area contributed by atoms with Crippen LogP contribution in [0.1, 0.15) is 19.8 Å². The lowest BCUT2D eigenvalue weighted by Gasteiger charge is -2.28. The van der Waals surface area contributed by atoms with Crippen LogP contribution >= 0.6 is 27.3 Å². The second-order valence-electron chi connectivity index (χ2n) is 5.01. The predicted octanol–water partition coefficient (Wildman–Crippen LogP) is 4.29. The quantitative estimate of drug-likeness (QED) is 0.905. The zero-order valence-electron chi connectivity index (χ0n) is 10.9. The Morgan fingerprint density at radius 3 is 3.00 bits per heavy atom. The summed E-state index contributed by atoms with van der Waals surface area (Å²) in [5, 5.41) is 4.58. The number of aromatic nitrogens is 1. The van der Waals surface area contributed by atoms with Crippen LogP contribution in [0.15, 0.2) is 22.7 Å². The minimum atomic E-state index is 0.452. The number of hydrogen-bond donors (Lipinski definition) is 1. The fraction of sp³-hybridized carbons (Fsp3) is 0.500. The van der Waals surface area contributed by atoms with Crippen LogP contribution < -0.4 is 5.32 Å². The molecular weight excluding hydrogens is 324 g/mol. The maximum atomic E-state index is 5.42. The molecule has 0 saturated carbocycles. The van der Waals surface area contributed by atoms with Gasteiger partial charge < -0.3 is 10.1 Å². The number of benzene rings is 1. The lowest BCUT2D eigenvalue weighted by molar-refractivity contribution is 0.0622. The van der Waals surface area contributed by atoms with Crippen LogP contribution in [-0.2, 0) is 4.74 Å². The summed E-state index contributed by atoms with van der Waals surface area (Å²) in [5.74, 6) is 0.687. The first-order valence-corrected chi connectivity index (χ1v) is 8.24. The third-order valence-electron chi connectivity index (χ3n) is 3.67. The van der Waals surface area contributed by atoms with Crippen molar-refractivity contribution in [3.8, 4) is 0 Å². The van der Waals surface area contributed by atoms with Crippen molar-refractivity contribution in [2.24, 2.45) is 5.92 Å². The minimum absolute atomic E-state index is 0.452. The van der Waals surface area contributed by atoms with E-state index >= 15 is 0 Å². The van der Waals surface area contributed by atoms with Crippen molar-refractivity contribution in [1.29, 1.82) is 0 Å². The molecule has 1 aliphatic rings. The van der Waals surface area contributed by atoms with Gasteiger partial charge in [-0.25, -0.2) is 4.98 Å². The smallest absolute Gasteiger partial charge is 0.184 e. The van der Waals surface area contributed by atoms with Gasteiger partial charge in [0, 0.05) is 23.7 Å². The number of ether oxygens (including phenoxy) is 1. The molecule has 1 N–H and O–H groups in total. The zero-order valence-corrected chi connectivity index (χ0v) is 13.3. The second kappa shape index (κ2) is 5.77. The van der Waals surface area contributed by atoms with E-state index in [-0.39, 0.29) is 0 Å². The Bertz CT molecular complexity index is 566. The van der Waals surface area contributed by atoms with Gasteiger partial charge in [0.15, 0.2) is 5.13 Å². The van der Waals surface area contributed by atoms with Gasteiger partial charge in [-0.1, -0.05) is 27.3 Å². The molecule has 0 radical (unpaired) electrons. The summed E-state index contributed by atoms with van der Waals surface area (Å²) in [4.78, 5) is 4.64. The van der Waals surface area contributed by atoms with E-state index in [4.69, 9.17) is 4.74 Å². The Labute approximate surface area is 125 Å². The van der Waals surface area contributed by atoms with Crippen molar-refractivity contribution < 1.29 is 4.74 Å². The summed E-state index contributed by atoms with van der Waals surface area (Å²) in [7, 11) is 0.